The number of hydrogen-bond acceptors (Lipinski definition) is 3. The zero-order valence-corrected chi connectivity index (χ0v) is 10.2. The van der Waals surface area contributed by atoms with E-state index in [-0.39, 0.29) is 13.0 Å². The summed E-state index contributed by atoms with van der Waals surface area (Å²) in [6.07, 6.45) is -11.5. The average Bonchev–Trinajstić information content (AvgIpc) is 2.73. The van der Waals surface area contributed by atoms with E-state index in [9.17, 15) is 35.9 Å². The number of amides is 1. The van der Waals surface area contributed by atoms with E-state index in [4.69, 9.17) is 0 Å². The van der Waals surface area contributed by atoms with Crippen LogP contribution in [0.1, 0.15) is 6.42 Å². The third-order valence-electron chi connectivity index (χ3n) is 2.94. The Morgan fingerprint density at radius 2 is 1.65 bits per heavy atom. The Hall–Kier alpha value is -1.48. The number of carbonyl (C=O) groups is 2. The van der Waals surface area contributed by atoms with Crippen LogP contribution in [-0.4, -0.2) is 49.3 Å². The monoisotopic (exact) mass is 307 g/mol. The van der Waals surface area contributed by atoms with Gasteiger partial charge in [-0.2, -0.15) is 26.3 Å². The zero-order valence-electron chi connectivity index (χ0n) is 10.2. The van der Waals surface area contributed by atoms with E-state index in [0.717, 1.165) is 7.11 Å². The lowest BCUT2D eigenvalue weighted by Crippen LogP contribution is -2.49. The highest BCUT2D eigenvalue weighted by Crippen LogP contribution is 2.41. The molecule has 1 rings (SSSR count). The maximum Gasteiger partial charge on any atom is 0.409 e. The van der Waals surface area contributed by atoms with Crippen LogP contribution in [0.5, 0.6) is 0 Å². The van der Waals surface area contributed by atoms with Gasteiger partial charge in [0.25, 0.3) is 0 Å². The molecule has 1 aliphatic rings. The Morgan fingerprint density at radius 1 is 1.15 bits per heavy atom. The third-order valence-corrected chi connectivity index (χ3v) is 2.94. The zero-order chi connectivity index (χ0) is 15.7. The number of methoxy groups -OCH3 is 1. The van der Waals surface area contributed by atoms with Crippen LogP contribution in [0.25, 0.3) is 0 Å². The lowest BCUT2D eigenvalue weighted by molar-refractivity contribution is -0.277. The van der Waals surface area contributed by atoms with Crippen LogP contribution in [0.2, 0.25) is 0 Å². The number of alkyl halides is 6. The predicted octanol–water partition coefficient (Wildman–Crippen LogP) is 1.75. The second kappa shape index (κ2) is 5.49. The average molecular weight is 307 g/mol. The highest BCUT2D eigenvalue weighted by molar-refractivity contribution is 5.82. The number of hydrogen-bond donors (Lipinski definition) is 0. The summed E-state index contributed by atoms with van der Waals surface area (Å²) in [6, 6.07) is 0. The van der Waals surface area contributed by atoms with Gasteiger partial charge in [-0.15, -0.1) is 0 Å². The van der Waals surface area contributed by atoms with Crippen molar-refractivity contribution in [3.8, 4) is 0 Å². The number of likely N-dealkylation sites (tertiary alicyclic amines) is 1. The molecule has 20 heavy (non-hydrogen) atoms. The molecule has 1 aliphatic heterocycles. The molecular weight excluding hydrogens is 296 g/mol. The summed E-state index contributed by atoms with van der Waals surface area (Å²) in [5, 5.41) is 0. The van der Waals surface area contributed by atoms with Crippen LogP contribution < -0.4 is 0 Å². The first-order valence-electron chi connectivity index (χ1n) is 5.48. The first-order chi connectivity index (χ1) is 8.98. The maximum absolute atomic E-state index is 12.4. The molecule has 0 aromatic carbocycles. The lowest BCUT2D eigenvalue weighted by atomic mass is 10.1. The van der Waals surface area contributed by atoms with Gasteiger partial charge in [0.1, 0.15) is 0 Å². The molecule has 1 heterocycles. The SMILES string of the molecule is COC(=O)C1CCN(C(=O)C(C(F)(F)F)C(F)(F)F)C1. The van der Waals surface area contributed by atoms with Crippen molar-refractivity contribution in [3.05, 3.63) is 0 Å². The van der Waals surface area contributed by atoms with E-state index in [2.05, 4.69) is 4.74 Å². The van der Waals surface area contributed by atoms with Gasteiger partial charge < -0.3 is 9.64 Å². The van der Waals surface area contributed by atoms with Crippen LogP contribution >= 0.6 is 0 Å². The molecule has 1 unspecified atom stereocenters. The minimum atomic E-state index is -5.72. The third kappa shape index (κ3) is 3.54. The van der Waals surface area contributed by atoms with Crippen molar-refractivity contribution in [2.45, 2.75) is 18.8 Å². The normalized spacial score (nSPS) is 20.4. The molecule has 0 radical (unpaired) electrons. The molecule has 10 heteroatoms. The maximum atomic E-state index is 12.4. The van der Waals surface area contributed by atoms with Crippen LogP contribution in [0.3, 0.4) is 0 Å². The van der Waals surface area contributed by atoms with Gasteiger partial charge in [0.15, 0.2) is 0 Å². The molecule has 1 fully saturated rings. The molecule has 1 amide bonds. The fraction of sp³-hybridized carbons (Fsp3) is 0.800. The molecule has 116 valence electrons. The van der Waals surface area contributed by atoms with E-state index in [1.807, 2.05) is 0 Å². The van der Waals surface area contributed by atoms with Gasteiger partial charge in [-0.25, -0.2) is 0 Å². The summed E-state index contributed by atoms with van der Waals surface area (Å²) >= 11 is 0. The second-order valence-corrected chi connectivity index (χ2v) is 4.31. The standard InChI is InChI=1S/C10H11F6NO3/c1-20-8(19)5-2-3-17(4-5)7(18)6(9(11,12)13)10(14,15)16/h5-6H,2-4H2,1H3. The van der Waals surface area contributed by atoms with Gasteiger partial charge >= 0.3 is 18.3 Å². The van der Waals surface area contributed by atoms with Gasteiger partial charge in [0.2, 0.25) is 11.8 Å². The minimum Gasteiger partial charge on any atom is -0.469 e. The number of halogens is 6. The van der Waals surface area contributed by atoms with Gasteiger partial charge in [0, 0.05) is 13.1 Å². The number of carbonyl (C=O) groups excluding carboxylic acids is 2. The summed E-state index contributed by atoms with van der Waals surface area (Å²) in [4.78, 5) is 23.0. The fourth-order valence-electron chi connectivity index (χ4n) is 1.97. The predicted molar refractivity (Wildman–Crippen MR) is 52.3 cm³/mol. The van der Waals surface area contributed by atoms with Gasteiger partial charge in [-0.1, -0.05) is 0 Å². The largest absolute Gasteiger partial charge is 0.469 e. The highest BCUT2D eigenvalue weighted by Gasteiger charge is 2.62. The second-order valence-electron chi connectivity index (χ2n) is 4.31. The quantitative estimate of drug-likeness (QED) is 0.577. The van der Waals surface area contributed by atoms with Crippen molar-refractivity contribution in [3.63, 3.8) is 0 Å². The summed E-state index contributed by atoms with van der Waals surface area (Å²) in [5.41, 5.74) is 0. The van der Waals surface area contributed by atoms with E-state index in [1.54, 1.807) is 0 Å². The Morgan fingerprint density at radius 3 is 2.05 bits per heavy atom. The van der Waals surface area contributed by atoms with Crippen molar-refractivity contribution in [1.82, 2.24) is 4.90 Å². The van der Waals surface area contributed by atoms with Gasteiger partial charge in [-0.3, -0.25) is 9.59 Å². The topological polar surface area (TPSA) is 46.6 Å². The minimum absolute atomic E-state index is 0.0269. The molecule has 0 aliphatic carbocycles. The summed E-state index contributed by atoms with van der Waals surface area (Å²) in [6.45, 7) is -0.852. The van der Waals surface area contributed by atoms with Gasteiger partial charge in [0.05, 0.1) is 13.0 Å². The van der Waals surface area contributed by atoms with Crippen LogP contribution in [0, 0.1) is 11.8 Å². The van der Waals surface area contributed by atoms with E-state index < -0.39 is 42.6 Å². The highest BCUT2D eigenvalue weighted by atomic mass is 19.4. The number of ether oxygens (including phenoxy) is 1. The molecule has 0 spiro atoms. The van der Waals surface area contributed by atoms with Crippen LogP contribution in [-0.2, 0) is 14.3 Å². The van der Waals surface area contributed by atoms with Crippen molar-refractivity contribution in [2.24, 2.45) is 11.8 Å². The number of esters is 1. The molecule has 1 atom stereocenters. The molecule has 1 saturated heterocycles. The summed E-state index contributed by atoms with van der Waals surface area (Å²) < 4.78 is 78.6. The van der Waals surface area contributed by atoms with Crippen molar-refractivity contribution in [1.29, 1.82) is 0 Å². The van der Waals surface area contributed by atoms with Crippen molar-refractivity contribution in [2.75, 3.05) is 20.2 Å². The Balaban J connectivity index is 2.86. The molecule has 4 nitrogen and oxygen atoms in total. The van der Waals surface area contributed by atoms with E-state index in [0.29, 0.717) is 4.90 Å². The Bertz CT molecular complexity index is 377. The first kappa shape index (κ1) is 16.6. The van der Waals surface area contributed by atoms with Crippen molar-refractivity contribution >= 4 is 11.9 Å². The van der Waals surface area contributed by atoms with E-state index in [1.165, 1.54) is 0 Å². The lowest BCUT2D eigenvalue weighted by Gasteiger charge is -2.26. The molecule has 0 aromatic rings. The Labute approximate surface area is 109 Å². The Kier molecular flexibility index (Phi) is 4.55. The van der Waals surface area contributed by atoms with Crippen LogP contribution in [0.4, 0.5) is 26.3 Å². The summed E-state index contributed by atoms with van der Waals surface area (Å²) in [5.74, 6) is -7.82. The molecule has 0 saturated carbocycles. The number of rotatable bonds is 2. The van der Waals surface area contributed by atoms with Crippen LogP contribution in [0.15, 0.2) is 0 Å². The van der Waals surface area contributed by atoms with Crippen molar-refractivity contribution < 1.29 is 40.7 Å². The van der Waals surface area contributed by atoms with Gasteiger partial charge in [-0.05, 0) is 6.42 Å². The molecule has 0 aromatic heterocycles. The first-order valence-corrected chi connectivity index (χ1v) is 5.48. The molecule has 0 N–H and O–H groups in total. The number of nitrogens with zero attached hydrogens (tertiary/aromatic N) is 1. The molecule has 0 bridgehead atoms. The van der Waals surface area contributed by atoms with E-state index >= 15 is 0 Å². The smallest absolute Gasteiger partial charge is 0.409 e. The fourth-order valence-corrected chi connectivity index (χ4v) is 1.97. The summed E-state index contributed by atoms with van der Waals surface area (Å²) in [7, 11) is 1.04. The molecular formula is C10H11F6NO3.